The number of methoxy groups -OCH3 is 1. The molecule has 154 valence electrons. The van der Waals surface area contributed by atoms with Crippen molar-refractivity contribution in [3.8, 4) is 5.75 Å². The molecule has 1 aromatic rings. The fraction of sp³-hybridized carbons (Fsp3) is 0.650. The Morgan fingerprint density at radius 3 is 2.44 bits per heavy atom. The molecule has 0 unspecified atom stereocenters. The second kappa shape index (κ2) is 12.4. The van der Waals surface area contributed by atoms with Crippen molar-refractivity contribution in [2.45, 2.75) is 32.2 Å². The maximum Gasteiger partial charge on any atom is 0.191 e. The Kier molecular flexibility index (Phi) is 11.0. The van der Waals surface area contributed by atoms with Crippen LogP contribution in [0.25, 0.3) is 0 Å². The number of hydrogen-bond donors (Lipinski definition) is 2. The first kappa shape index (κ1) is 24.0. The normalized spacial score (nSPS) is 15.8. The lowest BCUT2D eigenvalue weighted by molar-refractivity contribution is -0.00833. The number of guanidine groups is 1. The first-order valence-corrected chi connectivity index (χ1v) is 9.45. The second-order valence-corrected chi connectivity index (χ2v) is 7.22. The van der Waals surface area contributed by atoms with Gasteiger partial charge in [0.05, 0.1) is 20.3 Å². The molecule has 1 aromatic carbocycles. The summed E-state index contributed by atoms with van der Waals surface area (Å²) in [6, 6.07) is 8.27. The van der Waals surface area contributed by atoms with E-state index in [1.165, 1.54) is 5.56 Å². The van der Waals surface area contributed by atoms with Gasteiger partial charge in [0.1, 0.15) is 5.75 Å². The third-order valence-electron chi connectivity index (χ3n) is 4.87. The molecule has 0 spiro atoms. The minimum atomic E-state index is 0. The Labute approximate surface area is 181 Å². The van der Waals surface area contributed by atoms with Gasteiger partial charge in [-0.25, -0.2) is 0 Å². The number of halogens is 1. The van der Waals surface area contributed by atoms with E-state index in [0.29, 0.717) is 0 Å². The van der Waals surface area contributed by atoms with Gasteiger partial charge < -0.3 is 20.1 Å². The van der Waals surface area contributed by atoms with Gasteiger partial charge in [0.25, 0.3) is 0 Å². The van der Waals surface area contributed by atoms with E-state index < -0.39 is 0 Å². The molecule has 1 aliphatic heterocycles. The molecule has 0 saturated carbocycles. The number of hydrogen-bond acceptors (Lipinski definition) is 4. The summed E-state index contributed by atoms with van der Waals surface area (Å²) in [6.45, 7) is 9.90. The van der Waals surface area contributed by atoms with Crippen molar-refractivity contribution in [2.75, 3.05) is 53.6 Å². The first-order chi connectivity index (χ1) is 12.5. The molecule has 1 saturated heterocycles. The van der Waals surface area contributed by atoms with Crippen LogP contribution >= 0.6 is 24.0 Å². The van der Waals surface area contributed by atoms with Gasteiger partial charge in [-0.05, 0) is 44.4 Å². The van der Waals surface area contributed by atoms with Crippen LogP contribution < -0.4 is 15.4 Å². The Morgan fingerprint density at radius 2 is 1.85 bits per heavy atom. The van der Waals surface area contributed by atoms with Gasteiger partial charge in [-0.1, -0.05) is 12.1 Å². The van der Waals surface area contributed by atoms with Crippen molar-refractivity contribution in [3.63, 3.8) is 0 Å². The minimum Gasteiger partial charge on any atom is -0.497 e. The van der Waals surface area contributed by atoms with Crippen molar-refractivity contribution in [1.82, 2.24) is 15.5 Å². The zero-order valence-corrected chi connectivity index (χ0v) is 19.4. The van der Waals surface area contributed by atoms with Crippen LogP contribution in [0, 0.1) is 0 Å². The number of ether oxygens (including phenoxy) is 2. The van der Waals surface area contributed by atoms with Crippen LogP contribution in [0.2, 0.25) is 0 Å². The lowest BCUT2D eigenvalue weighted by Crippen LogP contribution is -2.56. The largest absolute Gasteiger partial charge is 0.497 e. The van der Waals surface area contributed by atoms with E-state index in [-0.39, 0.29) is 29.5 Å². The number of nitrogens with one attached hydrogen (secondary N) is 2. The molecule has 0 radical (unpaired) electrons. The number of morpholine rings is 1. The van der Waals surface area contributed by atoms with Crippen LogP contribution in [-0.2, 0) is 11.2 Å². The molecule has 0 atom stereocenters. The third kappa shape index (κ3) is 8.23. The van der Waals surface area contributed by atoms with Crippen LogP contribution in [0.3, 0.4) is 0 Å². The van der Waals surface area contributed by atoms with Crippen LogP contribution in [0.1, 0.15) is 25.8 Å². The number of benzene rings is 1. The lowest BCUT2D eigenvalue weighted by Gasteiger charge is -2.41. The topological polar surface area (TPSA) is 58.1 Å². The van der Waals surface area contributed by atoms with Crippen molar-refractivity contribution >= 4 is 29.9 Å². The third-order valence-corrected chi connectivity index (χ3v) is 4.87. The summed E-state index contributed by atoms with van der Waals surface area (Å²) in [5, 5.41) is 6.87. The van der Waals surface area contributed by atoms with Gasteiger partial charge >= 0.3 is 0 Å². The smallest absolute Gasteiger partial charge is 0.191 e. The Morgan fingerprint density at radius 1 is 1.19 bits per heavy atom. The quantitative estimate of drug-likeness (QED) is 0.254. The molecule has 0 aromatic heterocycles. The monoisotopic (exact) mass is 490 g/mol. The highest BCUT2D eigenvalue weighted by Crippen LogP contribution is 2.15. The molecule has 1 heterocycles. The van der Waals surface area contributed by atoms with Gasteiger partial charge in [-0.2, -0.15) is 0 Å². The van der Waals surface area contributed by atoms with Gasteiger partial charge in [-0.3, -0.25) is 9.89 Å². The minimum absolute atomic E-state index is 0. The maximum absolute atomic E-state index is 5.45. The van der Waals surface area contributed by atoms with Crippen LogP contribution in [0.5, 0.6) is 5.75 Å². The summed E-state index contributed by atoms with van der Waals surface area (Å²) in [6.07, 6.45) is 2.09. The van der Waals surface area contributed by atoms with Gasteiger partial charge in [0.2, 0.25) is 0 Å². The van der Waals surface area contributed by atoms with Crippen molar-refractivity contribution in [1.29, 1.82) is 0 Å². The van der Waals surface area contributed by atoms with Crippen LogP contribution in [0.15, 0.2) is 29.3 Å². The van der Waals surface area contributed by atoms with Gasteiger partial charge in [-0.15, -0.1) is 24.0 Å². The summed E-state index contributed by atoms with van der Waals surface area (Å²) in [5.74, 6) is 1.76. The maximum atomic E-state index is 5.45. The summed E-state index contributed by atoms with van der Waals surface area (Å²) >= 11 is 0. The van der Waals surface area contributed by atoms with Crippen molar-refractivity contribution in [2.24, 2.45) is 4.99 Å². The molecule has 2 rings (SSSR count). The number of aliphatic imine (C=N–C) groups is 1. The first-order valence-electron chi connectivity index (χ1n) is 9.45. The van der Waals surface area contributed by atoms with Crippen LogP contribution in [0.4, 0.5) is 0 Å². The highest BCUT2D eigenvalue weighted by molar-refractivity contribution is 14.0. The highest BCUT2D eigenvalue weighted by atomic mass is 127. The molecule has 1 fully saturated rings. The molecular weight excluding hydrogens is 455 g/mol. The molecule has 1 aliphatic rings. The lowest BCUT2D eigenvalue weighted by atomic mass is 10.0. The van der Waals surface area contributed by atoms with E-state index in [1.54, 1.807) is 7.11 Å². The van der Waals surface area contributed by atoms with Gasteiger partial charge in [0, 0.05) is 38.8 Å². The summed E-state index contributed by atoms with van der Waals surface area (Å²) < 4.78 is 10.6. The molecule has 7 heteroatoms. The van der Waals surface area contributed by atoms with E-state index in [4.69, 9.17) is 9.47 Å². The summed E-state index contributed by atoms with van der Waals surface area (Å²) in [4.78, 5) is 6.81. The molecule has 0 amide bonds. The molecule has 2 N–H and O–H groups in total. The van der Waals surface area contributed by atoms with Gasteiger partial charge in [0.15, 0.2) is 5.96 Å². The molecule has 27 heavy (non-hydrogen) atoms. The number of rotatable bonds is 8. The number of nitrogens with zero attached hydrogens (tertiary/aromatic N) is 2. The summed E-state index contributed by atoms with van der Waals surface area (Å²) in [7, 11) is 3.51. The molecule has 6 nitrogen and oxygen atoms in total. The Hall–Kier alpha value is -1.06. The zero-order valence-electron chi connectivity index (χ0n) is 17.1. The fourth-order valence-corrected chi connectivity index (χ4v) is 3.09. The van der Waals surface area contributed by atoms with E-state index in [0.717, 1.165) is 63.9 Å². The number of aryl methyl sites for hydroxylation is 1. The highest BCUT2D eigenvalue weighted by Gasteiger charge is 2.28. The average Bonchev–Trinajstić information content (AvgIpc) is 2.68. The van der Waals surface area contributed by atoms with E-state index in [1.807, 2.05) is 19.2 Å². The Balaban J connectivity index is 0.00000364. The molecule has 0 aliphatic carbocycles. The van der Waals surface area contributed by atoms with Crippen molar-refractivity contribution in [3.05, 3.63) is 29.8 Å². The fourth-order valence-electron chi connectivity index (χ4n) is 3.09. The van der Waals surface area contributed by atoms with E-state index >= 15 is 0 Å². The SMILES string of the molecule is CN=C(NCCCc1ccc(OC)cc1)NCC(C)(C)N1CCOCC1.I. The standard InChI is InChI=1S/C20H34N4O2.HI/c1-20(2,24-12-14-26-15-13-24)16-23-19(21-3)22-11-5-6-17-7-9-18(25-4)10-8-17;/h7-10H,5-6,11-16H2,1-4H3,(H2,21,22,23);1H. The van der Waals surface area contributed by atoms with E-state index in [9.17, 15) is 0 Å². The zero-order chi connectivity index (χ0) is 18.8. The average molecular weight is 490 g/mol. The van der Waals surface area contributed by atoms with E-state index in [2.05, 4.69) is 46.5 Å². The second-order valence-electron chi connectivity index (χ2n) is 7.22. The molecular formula is C20H35IN4O2. The summed E-state index contributed by atoms with van der Waals surface area (Å²) in [5.41, 5.74) is 1.40. The molecule has 0 bridgehead atoms. The Bertz CT molecular complexity index is 558. The predicted molar refractivity (Wildman–Crippen MR) is 123 cm³/mol. The van der Waals surface area contributed by atoms with Crippen molar-refractivity contribution < 1.29 is 9.47 Å². The predicted octanol–water partition coefficient (Wildman–Crippen LogP) is 2.52. The van der Waals surface area contributed by atoms with Crippen LogP contribution in [-0.4, -0.2) is 69.9 Å².